The van der Waals surface area contributed by atoms with Crippen LogP contribution in [0.25, 0.3) is 0 Å². The number of fused-ring (bicyclic) bond motifs is 2. The number of carboxylic acids is 1. The van der Waals surface area contributed by atoms with Gasteiger partial charge in [-0.15, -0.1) is 16.9 Å². The van der Waals surface area contributed by atoms with Crippen LogP contribution in [-0.2, 0) is 20.9 Å². The second-order valence-electron chi connectivity index (χ2n) is 12.3. The van der Waals surface area contributed by atoms with Crippen LogP contribution >= 0.6 is 11.8 Å². The lowest BCUT2D eigenvalue weighted by Gasteiger charge is -2.54. The molecule has 4 fully saturated rings. The first-order chi connectivity index (χ1) is 20.5. The first kappa shape index (κ1) is 29.6. The quantitative estimate of drug-likeness (QED) is 0.138. The van der Waals surface area contributed by atoms with Crippen LogP contribution < -0.4 is 16.4 Å². The van der Waals surface area contributed by atoms with Gasteiger partial charge in [-0.05, 0) is 42.5 Å². The summed E-state index contributed by atoms with van der Waals surface area (Å²) in [5.74, 6) is -1.46. The third-order valence-electron chi connectivity index (χ3n) is 9.77. The normalized spacial score (nSPS) is 34.1. The highest BCUT2D eigenvalue weighted by molar-refractivity contribution is 8.03. The van der Waals surface area contributed by atoms with E-state index in [1.54, 1.807) is 4.90 Å². The molecule has 1 aromatic rings. The van der Waals surface area contributed by atoms with Gasteiger partial charge in [0.1, 0.15) is 24.8 Å². The summed E-state index contributed by atoms with van der Waals surface area (Å²) in [5, 5.41) is 46.0. The number of piperidine rings is 1. The smallest absolute Gasteiger partial charge is 0.353 e. The van der Waals surface area contributed by atoms with Gasteiger partial charge in [0.05, 0.1) is 6.04 Å². The number of nitrogens with one attached hydrogen (secondary N) is 3. The number of hydrogen-bond acceptors (Lipinski definition) is 11. The number of carbonyl (C=O) groups is 3. The third-order valence-corrected chi connectivity index (χ3v) is 11.3. The number of amides is 2. The van der Waals surface area contributed by atoms with Gasteiger partial charge in [0.25, 0.3) is 0 Å². The number of nitrogens with two attached hydrogens (primary N) is 1. The SMILES string of the molecule is C[C@@H](NC(=O)Cn1cnnn1)[C@H]1C(O)N2C(C(=O)O)=C(S[C@@H]3CN[C@H](C(=O)N4CCC5CN(C(=N)N)CCC54)C3)[C@H](C)[C@H]12. The Morgan fingerprint density at radius 1 is 1.30 bits per heavy atom. The molecule has 3 unspecified atom stereocenters. The lowest BCUT2D eigenvalue weighted by Crippen LogP contribution is -2.68. The molecule has 9 atom stereocenters. The molecule has 7 N–H and O–H groups in total. The molecule has 16 nitrogen and oxygen atoms in total. The lowest BCUT2D eigenvalue weighted by atomic mass is 9.77. The number of aromatic nitrogens is 4. The zero-order valence-corrected chi connectivity index (χ0v) is 25.0. The van der Waals surface area contributed by atoms with Gasteiger partial charge in [0, 0.05) is 66.3 Å². The average molecular weight is 618 g/mol. The number of thioether (sulfide) groups is 1. The molecule has 234 valence electrons. The molecule has 0 aliphatic carbocycles. The number of tetrazole rings is 1. The van der Waals surface area contributed by atoms with Crippen molar-refractivity contribution in [3.8, 4) is 0 Å². The minimum Gasteiger partial charge on any atom is -0.477 e. The van der Waals surface area contributed by atoms with Gasteiger partial charge in [0.2, 0.25) is 11.8 Å². The monoisotopic (exact) mass is 617 g/mol. The number of carbonyl (C=O) groups excluding carboxylic acids is 2. The van der Waals surface area contributed by atoms with Crippen molar-refractivity contribution in [1.82, 2.24) is 45.5 Å². The molecule has 0 bridgehead atoms. The predicted molar refractivity (Wildman–Crippen MR) is 154 cm³/mol. The molecule has 2 amide bonds. The Bertz CT molecular complexity index is 1310. The zero-order valence-electron chi connectivity index (χ0n) is 24.2. The molecule has 6 rings (SSSR count). The van der Waals surface area contributed by atoms with Gasteiger partial charge in [-0.1, -0.05) is 6.92 Å². The van der Waals surface area contributed by atoms with Crippen molar-refractivity contribution in [2.24, 2.45) is 23.5 Å². The summed E-state index contributed by atoms with van der Waals surface area (Å²) in [6, 6.07) is -0.867. The van der Waals surface area contributed by atoms with Crippen LogP contribution in [0.4, 0.5) is 0 Å². The van der Waals surface area contributed by atoms with Gasteiger partial charge < -0.3 is 41.3 Å². The second-order valence-corrected chi connectivity index (χ2v) is 13.6. The van der Waals surface area contributed by atoms with Crippen molar-refractivity contribution in [3.05, 3.63) is 16.9 Å². The third kappa shape index (κ3) is 5.31. The first-order valence-corrected chi connectivity index (χ1v) is 15.7. The zero-order chi connectivity index (χ0) is 30.6. The summed E-state index contributed by atoms with van der Waals surface area (Å²) in [6.07, 6.45) is 2.57. The molecule has 5 aliphatic rings. The van der Waals surface area contributed by atoms with Crippen molar-refractivity contribution in [1.29, 1.82) is 5.41 Å². The highest BCUT2D eigenvalue weighted by atomic mass is 32.2. The molecule has 17 heteroatoms. The fourth-order valence-electron chi connectivity index (χ4n) is 7.74. The Morgan fingerprint density at radius 2 is 2.09 bits per heavy atom. The number of nitrogens with zero attached hydrogens (tertiary/aromatic N) is 7. The van der Waals surface area contributed by atoms with Crippen molar-refractivity contribution in [3.63, 3.8) is 0 Å². The molecule has 4 saturated heterocycles. The van der Waals surface area contributed by atoms with Crippen LogP contribution in [0, 0.1) is 23.2 Å². The molecular formula is C26H39N11O5S. The highest BCUT2D eigenvalue weighted by Gasteiger charge is 2.60. The molecule has 43 heavy (non-hydrogen) atoms. The average Bonchev–Trinajstić information content (AvgIpc) is 3.75. The molecular weight excluding hydrogens is 578 g/mol. The number of hydrogen-bond donors (Lipinski definition) is 6. The maximum Gasteiger partial charge on any atom is 0.353 e. The number of likely N-dealkylation sites (tertiary alicyclic amines) is 2. The van der Waals surface area contributed by atoms with Crippen LogP contribution in [0.1, 0.15) is 33.1 Å². The molecule has 0 spiro atoms. The summed E-state index contributed by atoms with van der Waals surface area (Å²) in [5.41, 5.74) is 5.80. The van der Waals surface area contributed by atoms with E-state index in [1.807, 2.05) is 23.6 Å². The van der Waals surface area contributed by atoms with Crippen LogP contribution in [0.3, 0.4) is 0 Å². The fraction of sp³-hybridized carbons (Fsp3) is 0.731. The largest absolute Gasteiger partial charge is 0.477 e. The molecule has 5 aliphatic heterocycles. The van der Waals surface area contributed by atoms with E-state index in [9.17, 15) is 24.6 Å². The first-order valence-electron chi connectivity index (χ1n) is 14.8. The molecule has 6 heterocycles. The highest BCUT2D eigenvalue weighted by Crippen LogP contribution is 2.53. The lowest BCUT2D eigenvalue weighted by molar-refractivity contribution is -0.175. The van der Waals surface area contributed by atoms with Crippen LogP contribution in [0.5, 0.6) is 0 Å². The summed E-state index contributed by atoms with van der Waals surface area (Å²) in [4.78, 5) is 44.7. The summed E-state index contributed by atoms with van der Waals surface area (Å²) in [6.45, 7) is 6.36. The number of guanidine groups is 1. The van der Waals surface area contributed by atoms with Crippen LogP contribution in [-0.4, -0.2) is 131 Å². The minimum atomic E-state index is -1.09. The summed E-state index contributed by atoms with van der Waals surface area (Å²) < 4.78 is 1.30. The summed E-state index contributed by atoms with van der Waals surface area (Å²) >= 11 is 1.49. The van der Waals surface area contributed by atoms with Crippen molar-refractivity contribution < 1.29 is 24.6 Å². The number of aliphatic hydroxyl groups excluding tert-OH is 1. The number of aliphatic hydroxyl groups is 1. The molecule has 0 aromatic carbocycles. The second kappa shape index (κ2) is 11.6. The van der Waals surface area contributed by atoms with Gasteiger partial charge in [-0.3, -0.25) is 15.0 Å². The fourth-order valence-corrected chi connectivity index (χ4v) is 9.23. The molecule has 0 radical (unpaired) electrons. The van der Waals surface area contributed by atoms with Gasteiger partial charge in [0.15, 0.2) is 5.96 Å². The Morgan fingerprint density at radius 3 is 2.79 bits per heavy atom. The standard InChI is InChI=1S/C26H39N11O5S/c1-12-20-19(13(2)31-18(38)10-35-11-30-32-33-35)24(40)37(20)21(25(41)42)22(12)43-15-7-16(29-8-15)23(39)36-6-3-14-9-34(26(27)28)5-4-17(14)36/h11-17,19-20,24,29,40H,3-10H2,1-2H3,(H3,27,28)(H,31,38)(H,41,42)/t12-,13-,14?,15+,16+,17?,19-,20-,24?/m1/s1. The van der Waals surface area contributed by atoms with E-state index in [2.05, 4.69) is 26.2 Å². The summed E-state index contributed by atoms with van der Waals surface area (Å²) in [7, 11) is 0. The van der Waals surface area contributed by atoms with Crippen molar-refractivity contribution in [2.45, 2.75) is 75.3 Å². The maximum atomic E-state index is 13.6. The van der Waals surface area contributed by atoms with Crippen LogP contribution in [0.2, 0.25) is 0 Å². The number of rotatable bonds is 8. The van der Waals surface area contributed by atoms with Gasteiger partial charge >= 0.3 is 5.97 Å². The van der Waals surface area contributed by atoms with E-state index in [4.69, 9.17) is 11.1 Å². The van der Waals surface area contributed by atoms with E-state index < -0.39 is 18.2 Å². The number of aliphatic carboxylic acids is 1. The van der Waals surface area contributed by atoms with Crippen molar-refractivity contribution in [2.75, 3.05) is 26.2 Å². The van der Waals surface area contributed by atoms with E-state index in [0.717, 1.165) is 12.8 Å². The Kier molecular flexibility index (Phi) is 7.97. The predicted octanol–water partition coefficient (Wildman–Crippen LogP) is -1.98. The van der Waals surface area contributed by atoms with Gasteiger partial charge in [-0.2, -0.15) is 0 Å². The molecule has 1 aromatic heterocycles. The van der Waals surface area contributed by atoms with E-state index in [-0.39, 0.29) is 65.2 Å². The van der Waals surface area contributed by atoms with E-state index >= 15 is 0 Å². The van der Waals surface area contributed by atoms with E-state index in [0.29, 0.717) is 43.4 Å². The van der Waals surface area contributed by atoms with E-state index in [1.165, 1.54) is 22.8 Å². The minimum absolute atomic E-state index is 0.00131. The Hall–Kier alpha value is -3.44. The van der Waals surface area contributed by atoms with Crippen LogP contribution in [0.15, 0.2) is 16.9 Å². The Labute approximate surface area is 252 Å². The molecule has 0 saturated carbocycles. The Balaban J connectivity index is 1.07. The maximum absolute atomic E-state index is 13.6. The number of carboxylic acid groups (broad SMARTS) is 1. The topological polar surface area (TPSA) is 219 Å². The van der Waals surface area contributed by atoms with Crippen molar-refractivity contribution >= 4 is 35.5 Å². The van der Waals surface area contributed by atoms with Gasteiger partial charge in [-0.25, -0.2) is 9.48 Å².